The summed E-state index contributed by atoms with van der Waals surface area (Å²) >= 11 is 0. The fraction of sp³-hybridized carbons (Fsp3) is 0.833. The Morgan fingerprint density at radius 1 is 1.11 bits per heavy atom. The first-order valence-corrected chi connectivity index (χ1v) is 6.39. The van der Waals surface area contributed by atoms with Crippen LogP contribution in [0.2, 0.25) is 0 Å². The van der Waals surface area contributed by atoms with E-state index in [4.69, 9.17) is 9.84 Å². The van der Waals surface area contributed by atoms with Crippen molar-refractivity contribution in [2.75, 3.05) is 26.2 Å². The van der Waals surface area contributed by atoms with Crippen molar-refractivity contribution in [1.82, 2.24) is 9.80 Å². The third-order valence-electron chi connectivity index (χ3n) is 3.50. The predicted octanol–water partition coefficient (Wildman–Crippen LogP) is 0.622. The molecule has 2 saturated heterocycles. The van der Waals surface area contributed by atoms with E-state index in [9.17, 15) is 9.59 Å². The van der Waals surface area contributed by atoms with E-state index in [1.165, 1.54) is 0 Å². The summed E-state index contributed by atoms with van der Waals surface area (Å²) in [5.41, 5.74) is 0. The standard InChI is InChI=1S/C12H20N2O4/c1-8-5-14(6-9(2)18-8)12(17)13-4-3-10(7-13)11(15)16/h8-10H,3-7H2,1-2H3,(H,15,16)/t8-,9+,10?. The number of carboxylic acid groups (broad SMARTS) is 1. The third-order valence-corrected chi connectivity index (χ3v) is 3.50. The zero-order valence-electron chi connectivity index (χ0n) is 10.8. The van der Waals surface area contributed by atoms with Gasteiger partial charge in [-0.15, -0.1) is 0 Å². The lowest BCUT2D eigenvalue weighted by molar-refractivity contribution is -0.141. The molecule has 102 valence electrons. The van der Waals surface area contributed by atoms with Gasteiger partial charge in [-0.25, -0.2) is 4.79 Å². The van der Waals surface area contributed by atoms with Crippen molar-refractivity contribution in [3.8, 4) is 0 Å². The smallest absolute Gasteiger partial charge is 0.320 e. The monoisotopic (exact) mass is 256 g/mol. The number of amides is 2. The summed E-state index contributed by atoms with van der Waals surface area (Å²) in [5, 5.41) is 8.94. The predicted molar refractivity (Wildman–Crippen MR) is 64.3 cm³/mol. The fourth-order valence-electron chi connectivity index (χ4n) is 2.67. The first kappa shape index (κ1) is 13.1. The maximum Gasteiger partial charge on any atom is 0.320 e. The third kappa shape index (κ3) is 2.75. The van der Waals surface area contributed by atoms with Crippen LogP contribution < -0.4 is 0 Å². The molecule has 18 heavy (non-hydrogen) atoms. The first-order valence-electron chi connectivity index (χ1n) is 6.39. The lowest BCUT2D eigenvalue weighted by Gasteiger charge is -2.37. The summed E-state index contributed by atoms with van der Waals surface area (Å²) in [6.45, 7) is 5.92. The summed E-state index contributed by atoms with van der Waals surface area (Å²) in [5.74, 6) is -1.22. The van der Waals surface area contributed by atoms with Crippen LogP contribution in [0, 0.1) is 5.92 Å². The summed E-state index contributed by atoms with van der Waals surface area (Å²) in [7, 11) is 0. The Morgan fingerprint density at radius 3 is 2.22 bits per heavy atom. The molecule has 0 aliphatic carbocycles. The number of urea groups is 1. The van der Waals surface area contributed by atoms with E-state index < -0.39 is 11.9 Å². The van der Waals surface area contributed by atoms with Crippen LogP contribution >= 0.6 is 0 Å². The van der Waals surface area contributed by atoms with Crippen LogP contribution in [0.1, 0.15) is 20.3 Å². The quantitative estimate of drug-likeness (QED) is 0.746. The molecule has 0 aromatic rings. The van der Waals surface area contributed by atoms with Gasteiger partial charge in [0.15, 0.2) is 0 Å². The van der Waals surface area contributed by atoms with Crippen LogP contribution in [0.4, 0.5) is 4.79 Å². The highest BCUT2D eigenvalue weighted by molar-refractivity contribution is 5.77. The number of hydrogen-bond donors (Lipinski definition) is 1. The zero-order chi connectivity index (χ0) is 13.3. The summed E-state index contributed by atoms with van der Waals surface area (Å²) < 4.78 is 5.58. The second-order valence-corrected chi connectivity index (χ2v) is 5.21. The van der Waals surface area contributed by atoms with Crippen molar-refractivity contribution in [1.29, 1.82) is 0 Å². The van der Waals surface area contributed by atoms with Gasteiger partial charge in [-0.05, 0) is 20.3 Å². The van der Waals surface area contributed by atoms with Crippen molar-refractivity contribution in [2.24, 2.45) is 5.92 Å². The molecular formula is C12H20N2O4. The van der Waals surface area contributed by atoms with Crippen molar-refractivity contribution in [2.45, 2.75) is 32.5 Å². The molecule has 2 heterocycles. The summed E-state index contributed by atoms with van der Waals surface area (Å²) in [4.78, 5) is 26.6. The topological polar surface area (TPSA) is 70.1 Å². The molecule has 2 rings (SSSR count). The number of carbonyl (C=O) groups excluding carboxylic acids is 1. The Hall–Kier alpha value is -1.30. The van der Waals surface area contributed by atoms with E-state index in [2.05, 4.69) is 0 Å². The van der Waals surface area contributed by atoms with Crippen LogP contribution in [0.25, 0.3) is 0 Å². The van der Waals surface area contributed by atoms with E-state index in [1.54, 1.807) is 9.80 Å². The minimum Gasteiger partial charge on any atom is -0.481 e. The largest absolute Gasteiger partial charge is 0.481 e. The average Bonchev–Trinajstić information content (AvgIpc) is 2.75. The molecule has 3 atom stereocenters. The molecule has 6 heteroatoms. The Balaban J connectivity index is 1.93. The number of likely N-dealkylation sites (tertiary alicyclic amines) is 1. The lowest BCUT2D eigenvalue weighted by Crippen LogP contribution is -2.52. The second-order valence-electron chi connectivity index (χ2n) is 5.21. The molecule has 0 radical (unpaired) electrons. The Bertz CT molecular complexity index is 337. The molecule has 0 aromatic heterocycles. The second kappa shape index (κ2) is 5.14. The number of aliphatic carboxylic acids is 1. The Labute approximate surface area is 106 Å². The molecule has 0 spiro atoms. The van der Waals surface area contributed by atoms with Gasteiger partial charge in [0.25, 0.3) is 0 Å². The molecular weight excluding hydrogens is 236 g/mol. The highest BCUT2D eigenvalue weighted by Crippen LogP contribution is 2.20. The van der Waals surface area contributed by atoms with Crippen LogP contribution in [0.15, 0.2) is 0 Å². The van der Waals surface area contributed by atoms with E-state index in [0.29, 0.717) is 32.6 Å². The van der Waals surface area contributed by atoms with Crippen LogP contribution in [-0.2, 0) is 9.53 Å². The van der Waals surface area contributed by atoms with Crippen LogP contribution in [0.3, 0.4) is 0 Å². The molecule has 1 unspecified atom stereocenters. The minimum absolute atomic E-state index is 0.0376. The number of ether oxygens (including phenoxy) is 1. The number of nitrogens with zero attached hydrogens (tertiary/aromatic N) is 2. The number of hydrogen-bond acceptors (Lipinski definition) is 3. The summed E-state index contributed by atoms with van der Waals surface area (Å²) in [6.07, 6.45) is 0.627. The molecule has 6 nitrogen and oxygen atoms in total. The normalized spacial score (nSPS) is 32.7. The maximum absolute atomic E-state index is 12.3. The van der Waals surface area contributed by atoms with Crippen molar-refractivity contribution in [3.05, 3.63) is 0 Å². The van der Waals surface area contributed by atoms with Crippen LogP contribution in [0.5, 0.6) is 0 Å². The molecule has 0 bridgehead atoms. The molecule has 2 aliphatic heterocycles. The van der Waals surface area contributed by atoms with Gasteiger partial charge in [0, 0.05) is 26.2 Å². The molecule has 0 saturated carbocycles. The van der Waals surface area contributed by atoms with Crippen LogP contribution in [-0.4, -0.2) is 65.3 Å². The van der Waals surface area contributed by atoms with E-state index in [-0.39, 0.29) is 18.2 Å². The Kier molecular flexibility index (Phi) is 3.75. The summed E-state index contributed by atoms with van der Waals surface area (Å²) in [6, 6.07) is -0.0549. The van der Waals surface area contributed by atoms with E-state index >= 15 is 0 Å². The van der Waals surface area contributed by atoms with Crippen molar-refractivity contribution < 1.29 is 19.4 Å². The minimum atomic E-state index is -0.811. The van der Waals surface area contributed by atoms with Gasteiger partial charge in [-0.2, -0.15) is 0 Å². The molecule has 1 N–H and O–H groups in total. The van der Waals surface area contributed by atoms with Gasteiger partial charge in [0.1, 0.15) is 0 Å². The molecule has 2 amide bonds. The number of morpholine rings is 1. The number of carbonyl (C=O) groups is 2. The number of carboxylic acids is 1. The molecule has 0 aromatic carbocycles. The van der Waals surface area contributed by atoms with Gasteiger partial charge >= 0.3 is 12.0 Å². The van der Waals surface area contributed by atoms with E-state index in [1.807, 2.05) is 13.8 Å². The highest BCUT2D eigenvalue weighted by Gasteiger charge is 2.35. The van der Waals surface area contributed by atoms with Gasteiger partial charge < -0.3 is 19.6 Å². The van der Waals surface area contributed by atoms with Gasteiger partial charge in [0.2, 0.25) is 0 Å². The van der Waals surface area contributed by atoms with Gasteiger partial charge in [-0.3, -0.25) is 4.79 Å². The van der Waals surface area contributed by atoms with E-state index in [0.717, 1.165) is 0 Å². The van der Waals surface area contributed by atoms with Crippen molar-refractivity contribution in [3.63, 3.8) is 0 Å². The van der Waals surface area contributed by atoms with Gasteiger partial charge in [0.05, 0.1) is 18.1 Å². The fourth-order valence-corrected chi connectivity index (χ4v) is 2.67. The number of rotatable bonds is 1. The maximum atomic E-state index is 12.3. The Morgan fingerprint density at radius 2 is 1.72 bits per heavy atom. The average molecular weight is 256 g/mol. The highest BCUT2D eigenvalue weighted by atomic mass is 16.5. The first-order chi connectivity index (χ1) is 8.47. The lowest BCUT2D eigenvalue weighted by atomic mass is 10.1. The zero-order valence-corrected chi connectivity index (χ0v) is 10.8. The van der Waals surface area contributed by atoms with Crippen molar-refractivity contribution >= 4 is 12.0 Å². The molecule has 2 fully saturated rings. The SMILES string of the molecule is C[C@@H]1CN(C(=O)N2CCC(C(=O)O)C2)C[C@H](C)O1. The van der Waals surface area contributed by atoms with Gasteiger partial charge in [-0.1, -0.05) is 0 Å². The molecule has 2 aliphatic rings.